The highest BCUT2D eigenvalue weighted by molar-refractivity contribution is 7.11. The molecule has 60 valence electrons. The summed E-state index contributed by atoms with van der Waals surface area (Å²) in [5.41, 5.74) is 0. The summed E-state index contributed by atoms with van der Waals surface area (Å²) in [6, 6.07) is 0. The molecular weight excluding hydrogens is 164 g/mol. The molecule has 1 N–H and O–H groups in total. The lowest BCUT2D eigenvalue weighted by Gasteiger charge is -1.87. The van der Waals surface area contributed by atoms with Crippen LogP contribution in [-0.4, -0.2) is 21.3 Å². The van der Waals surface area contributed by atoms with Crippen molar-refractivity contribution in [3.8, 4) is 0 Å². The smallest absolute Gasteiger partial charge is 0.303 e. The number of aryl methyl sites for hydroxylation is 2. The molecule has 11 heavy (non-hydrogen) atoms. The highest BCUT2D eigenvalue weighted by Gasteiger charge is 2.02. The van der Waals surface area contributed by atoms with Crippen molar-refractivity contribution in [2.75, 3.05) is 0 Å². The van der Waals surface area contributed by atoms with Crippen LogP contribution in [0, 0.1) is 6.92 Å². The normalized spacial score (nSPS) is 9.91. The van der Waals surface area contributed by atoms with Crippen LogP contribution in [0.1, 0.15) is 16.4 Å². The second-order valence-corrected chi connectivity index (χ2v) is 3.37. The molecule has 0 aliphatic rings. The number of hydrogen-bond donors (Lipinski definition) is 1. The fourth-order valence-electron chi connectivity index (χ4n) is 0.652. The van der Waals surface area contributed by atoms with Crippen LogP contribution in [0.15, 0.2) is 0 Å². The van der Waals surface area contributed by atoms with Gasteiger partial charge in [-0.05, 0) is 6.92 Å². The van der Waals surface area contributed by atoms with Crippen LogP contribution in [-0.2, 0) is 11.2 Å². The first-order valence-corrected chi connectivity index (χ1v) is 4.01. The van der Waals surface area contributed by atoms with E-state index in [2.05, 4.69) is 10.2 Å². The van der Waals surface area contributed by atoms with Crippen LogP contribution in [0.5, 0.6) is 0 Å². The summed E-state index contributed by atoms with van der Waals surface area (Å²) in [5, 5.41) is 17.6. The van der Waals surface area contributed by atoms with Gasteiger partial charge in [0, 0.05) is 6.42 Å². The van der Waals surface area contributed by atoms with Crippen LogP contribution < -0.4 is 0 Å². The Hall–Kier alpha value is -0.970. The molecule has 0 spiro atoms. The number of nitrogens with zero attached hydrogens (tertiary/aromatic N) is 2. The molecule has 1 aromatic rings. The molecule has 0 radical (unpaired) electrons. The Morgan fingerprint density at radius 3 is 2.82 bits per heavy atom. The predicted octanol–water partition coefficient (Wildman–Crippen LogP) is 0.864. The molecule has 0 saturated heterocycles. The van der Waals surface area contributed by atoms with E-state index < -0.39 is 5.97 Å². The molecule has 0 atom stereocenters. The van der Waals surface area contributed by atoms with Crippen molar-refractivity contribution in [3.05, 3.63) is 10.0 Å². The van der Waals surface area contributed by atoms with Gasteiger partial charge < -0.3 is 5.11 Å². The largest absolute Gasteiger partial charge is 0.481 e. The maximum Gasteiger partial charge on any atom is 0.303 e. The Kier molecular flexibility index (Phi) is 2.53. The Labute approximate surface area is 67.9 Å². The summed E-state index contributed by atoms with van der Waals surface area (Å²) < 4.78 is 0. The van der Waals surface area contributed by atoms with Gasteiger partial charge in [-0.3, -0.25) is 4.79 Å². The van der Waals surface area contributed by atoms with Gasteiger partial charge in [0.2, 0.25) is 0 Å². The topological polar surface area (TPSA) is 63.1 Å². The fourth-order valence-corrected chi connectivity index (χ4v) is 1.36. The van der Waals surface area contributed by atoms with Crippen LogP contribution in [0.2, 0.25) is 0 Å². The van der Waals surface area contributed by atoms with Gasteiger partial charge in [-0.2, -0.15) is 0 Å². The van der Waals surface area contributed by atoms with Crippen molar-refractivity contribution < 1.29 is 9.90 Å². The number of aromatic nitrogens is 2. The van der Waals surface area contributed by atoms with Crippen molar-refractivity contribution in [1.82, 2.24) is 10.2 Å². The Morgan fingerprint density at radius 1 is 1.64 bits per heavy atom. The lowest BCUT2D eigenvalue weighted by molar-refractivity contribution is -0.136. The molecule has 1 aromatic heterocycles. The summed E-state index contributed by atoms with van der Waals surface area (Å²) in [4.78, 5) is 10.1. The number of aliphatic carboxylic acids is 1. The summed E-state index contributed by atoms with van der Waals surface area (Å²) in [6.07, 6.45) is 0.621. The molecule has 0 aromatic carbocycles. The third-order valence-electron chi connectivity index (χ3n) is 1.12. The molecule has 4 nitrogen and oxygen atoms in total. The van der Waals surface area contributed by atoms with Gasteiger partial charge in [0.15, 0.2) is 0 Å². The van der Waals surface area contributed by atoms with Gasteiger partial charge >= 0.3 is 5.97 Å². The van der Waals surface area contributed by atoms with E-state index in [1.54, 1.807) is 0 Å². The van der Waals surface area contributed by atoms with E-state index in [0.717, 1.165) is 10.0 Å². The number of carboxylic acids is 1. The molecule has 0 aliphatic heterocycles. The number of carbonyl (C=O) groups is 1. The van der Waals surface area contributed by atoms with Gasteiger partial charge in [-0.25, -0.2) is 0 Å². The lowest BCUT2D eigenvalue weighted by Crippen LogP contribution is -1.96. The molecule has 5 heteroatoms. The van der Waals surface area contributed by atoms with Crippen molar-refractivity contribution in [1.29, 1.82) is 0 Å². The van der Waals surface area contributed by atoms with Crippen molar-refractivity contribution in [2.24, 2.45) is 0 Å². The maximum absolute atomic E-state index is 10.1. The van der Waals surface area contributed by atoms with Crippen molar-refractivity contribution in [3.63, 3.8) is 0 Å². The average molecular weight is 172 g/mol. The first kappa shape index (κ1) is 8.13. The Morgan fingerprint density at radius 2 is 2.36 bits per heavy atom. The zero-order valence-corrected chi connectivity index (χ0v) is 6.89. The fraction of sp³-hybridized carbons (Fsp3) is 0.500. The third-order valence-corrected chi connectivity index (χ3v) is 2.02. The van der Waals surface area contributed by atoms with E-state index in [9.17, 15) is 4.79 Å². The molecule has 0 saturated carbocycles. The Balaban J connectivity index is 2.45. The molecule has 1 rings (SSSR count). The first-order chi connectivity index (χ1) is 5.18. The summed E-state index contributed by atoms with van der Waals surface area (Å²) in [5.74, 6) is -0.794. The molecule has 1 heterocycles. The van der Waals surface area contributed by atoms with Gasteiger partial charge in [0.1, 0.15) is 10.0 Å². The van der Waals surface area contributed by atoms with E-state index >= 15 is 0 Å². The van der Waals surface area contributed by atoms with Gasteiger partial charge in [0.05, 0.1) is 6.42 Å². The van der Waals surface area contributed by atoms with Crippen LogP contribution >= 0.6 is 11.3 Å². The second-order valence-electron chi connectivity index (χ2n) is 2.11. The summed E-state index contributed by atoms with van der Waals surface area (Å²) >= 11 is 1.44. The Bertz CT molecular complexity index is 259. The molecule has 0 bridgehead atoms. The molecule has 0 aliphatic carbocycles. The zero-order chi connectivity index (χ0) is 8.27. The van der Waals surface area contributed by atoms with Crippen molar-refractivity contribution in [2.45, 2.75) is 19.8 Å². The SMILES string of the molecule is Cc1nnc(CCC(=O)O)s1. The van der Waals surface area contributed by atoms with Gasteiger partial charge in [0.25, 0.3) is 0 Å². The lowest BCUT2D eigenvalue weighted by atomic mass is 10.3. The minimum atomic E-state index is -0.794. The maximum atomic E-state index is 10.1. The number of hydrogen-bond acceptors (Lipinski definition) is 4. The molecule has 0 unspecified atom stereocenters. The van der Waals surface area contributed by atoms with E-state index in [1.165, 1.54) is 11.3 Å². The van der Waals surface area contributed by atoms with E-state index in [0.29, 0.717) is 6.42 Å². The molecule has 0 fully saturated rings. The van der Waals surface area contributed by atoms with E-state index in [4.69, 9.17) is 5.11 Å². The second kappa shape index (κ2) is 3.43. The average Bonchev–Trinajstić information content (AvgIpc) is 2.31. The highest BCUT2D eigenvalue weighted by atomic mass is 32.1. The molecular formula is C6H8N2O2S. The molecule has 0 amide bonds. The van der Waals surface area contributed by atoms with Crippen LogP contribution in [0.4, 0.5) is 0 Å². The summed E-state index contributed by atoms with van der Waals surface area (Å²) in [7, 11) is 0. The minimum absolute atomic E-state index is 0.134. The van der Waals surface area contributed by atoms with E-state index in [1.807, 2.05) is 6.92 Å². The standard InChI is InChI=1S/C6H8N2O2S/c1-4-7-8-5(11-4)2-3-6(9)10/h2-3H2,1H3,(H,9,10). The van der Waals surface area contributed by atoms with Crippen molar-refractivity contribution >= 4 is 17.3 Å². The van der Waals surface area contributed by atoms with Gasteiger partial charge in [-0.1, -0.05) is 0 Å². The van der Waals surface area contributed by atoms with Crippen LogP contribution in [0.3, 0.4) is 0 Å². The summed E-state index contributed by atoms with van der Waals surface area (Å²) in [6.45, 7) is 1.85. The first-order valence-electron chi connectivity index (χ1n) is 3.19. The highest BCUT2D eigenvalue weighted by Crippen LogP contribution is 2.09. The van der Waals surface area contributed by atoms with Crippen LogP contribution in [0.25, 0.3) is 0 Å². The quantitative estimate of drug-likeness (QED) is 0.734. The monoisotopic (exact) mass is 172 g/mol. The van der Waals surface area contributed by atoms with Gasteiger partial charge in [-0.15, -0.1) is 21.5 Å². The number of rotatable bonds is 3. The van der Waals surface area contributed by atoms with E-state index in [-0.39, 0.29) is 6.42 Å². The predicted molar refractivity (Wildman–Crippen MR) is 40.6 cm³/mol. The number of carboxylic acid groups (broad SMARTS) is 1. The zero-order valence-electron chi connectivity index (χ0n) is 6.07. The third kappa shape index (κ3) is 2.63. The minimum Gasteiger partial charge on any atom is -0.481 e.